The number of rotatable bonds is 4. The van der Waals surface area contributed by atoms with Gasteiger partial charge in [0.2, 0.25) is 0 Å². The van der Waals surface area contributed by atoms with Crippen LogP contribution in [0.2, 0.25) is 10.0 Å². The van der Waals surface area contributed by atoms with Crippen molar-refractivity contribution in [2.75, 3.05) is 13.7 Å². The molecule has 0 atom stereocenters. The predicted molar refractivity (Wildman–Crippen MR) is 67.7 cm³/mol. The molecule has 0 N–H and O–H groups in total. The van der Waals surface area contributed by atoms with Gasteiger partial charge in [-0.15, -0.1) is 0 Å². The van der Waals surface area contributed by atoms with Crippen LogP contribution < -0.4 is 4.74 Å². The molecule has 0 aliphatic heterocycles. The summed E-state index contributed by atoms with van der Waals surface area (Å²) in [7, 11) is 1.80. The van der Waals surface area contributed by atoms with Gasteiger partial charge in [-0.05, 0) is 31.0 Å². The zero-order chi connectivity index (χ0) is 12.4. The van der Waals surface area contributed by atoms with E-state index in [9.17, 15) is 4.79 Å². The number of likely N-dealkylation sites (N-methyl/N-ethyl adjacent to an activating group) is 1. The summed E-state index contributed by atoms with van der Waals surface area (Å²) in [6.07, 6.45) is 2.17. The van der Waals surface area contributed by atoms with Gasteiger partial charge < -0.3 is 9.64 Å². The maximum absolute atomic E-state index is 11.7. The van der Waals surface area contributed by atoms with Crippen molar-refractivity contribution >= 4 is 29.1 Å². The third-order valence-electron chi connectivity index (χ3n) is 2.73. The van der Waals surface area contributed by atoms with E-state index in [2.05, 4.69) is 0 Å². The van der Waals surface area contributed by atoms with Gasteiger partial charge in [0.05, 0.1) is 5.02 Å². The third kappa shape index (κ3) is 3.27. The van der Waals surface area contributed by atoms with Gasteiger partial charge in [0.25, 0.3) is 5.91 Å². The van der Waals surface area contributed by atoms with Gasteiger partial charge in [-0.2, -0.15) is 0 Å². The maximum Gasteiger partial charge on any atom is 0.260 e. The number of amides is 1. The molecular weight excluding hydrogens is 261 g/mol. The van der Waals surface area contributed by atoms with Crippen molar-refractivity contribution in [3.8, 4) is 5.75 Å². The molecule has 0 radical (unpaired) electrons. The van der Waals surface area contributed by atoms with Crippen LogP contribution in [0.3, 0.4) is 0 Å². The minimum atomic E-state index is -0.0292. The van der Waals surface area contributed by atoms with Crippen molar-refractivity contribution < 1.29 is 9.53 Å². The lowest BCUT2D eigenvalue weighted by molar-refractivity contribution is -0.132. The molecule has 3 nitrogen and oxygen atoms in total. The Morgan fingerprint density at radius 2 is 2.18 bits per heavy atom. The first-order valence-electron chi connectivity index (χ1n) is 5.41. The molecule has 1 aromatic carbocycles. The van der Waals surface area contributed by atoms with Gasteiger partial charge in [0, 0.05) is 18.1 Å². The molecule has 0 saturated heterocycles. The maximum atomic E-state index is 11.7. The highest BCUT2D eigenvalue weighted by Crippen LogP contribution is 2.28. The second-order valence-corrected chi connectivity index (χ2v) is 4.94. The van der Waals surface area contributed by atoms with Crippen LogP contribution in [0.5, 0.6) is 5.75 Å². The fraction of sp³-hybridized carbons (Fsp3) is 0.417. The lowest BCUT2D eigenvalue weighted by Crippen LogP contribution is -2.33. The van der Waals surface area contributed by atoms with E-state index in [1.165, 1.54) is 0 Å². The van der Waals surface area contributed by atoms with Crippen LogP contribution in [-0.4, -0.2) is 30.5 Å². The van der Waals surface area contributed by atoms with E-state index < -0.39 is 0 Å². The molecule has 0 aromatic heterocycles. The smallest absolute Gasteiger partial charge is 0.260 e. The molecule has 1 aliphatic carbocycles. The molecule has 0 bridgehead atoms. The molecule has 5 heteroatoms. The number of benzene rings is 1. The number of hydrogen-bond donors (Lipinski definition) is 0. The van der Waals surface area contributed by atoms with Crippen LogP contribution in [-0.2, 0) is 4.79 Å². The van der Waals surface area contributed by atoms with Crippen molar-refractivity contribution in [2.24, 2.45) is 0 Å². The fourth-order valence-corrected chi connectivity index (χ4v) is 1.96. The Balaban J connectivity index is 1.90. The van der Waals surface area contributed by atoms with Gasteiger partial charge >= 0.3 is 0 Å². The molecule has 0 spiro atoms. The summed E-state index contributed by atoms with van der Waals surface area (Å²) in [6, 6.07) is 5.33. The lowest BCUT2D eigenvalue weighted by Gasteiger charge is -2.16. The van der Waals surface area contributed by atoms with Crippen LogP contribution in [0.15, 0.2) is 18.2 Å². The SMILES string of the molecule is CN(C(=O)COc1ccc(Cl)cc1Cl)C1CC1. The normalized spacial score (nSPS) is 14.5. The first kappa shape index (κ1) is 12.5. The first-order valence-corrected chi connectivity index (χ1v) is 6.17. The molecule has 92 valence electrons. The monoisotopic (exact) mass is 273 g/mol. The molecule has 1 amide bonds. The van der Waals surface area contributed by atoms with E-state index in [1.54, 1.807) is 30.1 Å². The van der Waals surface area contributed by atoms with Gasteiger partial charge in [0.15, 0.2) is 6.61 Å². The highest BCUT2D eigenvalue weighted by Gasteiger charge is 2.29. The van der Waals surface area contributed by atoms with Gasteiger partial charge in [-0.1, -0.05) is 23.2 Å². The van der Waals surface area contributed by atoms with Gasteiger partial charge in [-0.3, -0.25) is 4.79 Å². The van der Waals surface area contributed by atoms with Crippen molar-refractivity contribution in [1.82, 2.24) is 4.90 Å². The summed E-state index contributed by atoms with van der Waals surface area (Å²) in [6.45, 7) is 0.00829. The summed E-state index contributed by atoms with van der Waals surface area (Å²) in [4.78, 5) is 13.4. The van der Waals surface area contributed by atoms with E-state index in [-0.39, 0.29) is 12.5 Å². The topological polar surface area (TPSA) is 29.5 Å². The van der Waals surface area contributed by atoms with Crippen molar-refractivity contribution in [1.29, 1.82) is 0 Å². The molecule has 17 heavy (non-hydrogen) atoms. The standard InChI is InChI=1S/C12H13Cl2NO2/c1-15(9-3-4-9)12(16)7-17-11-5-2-8(13)6-10(11)14/h2,5-6,9H,3-4,7H2,1H3. The molecule has 2 rings (SSSR count). The number of carbonyl (C=O) groups is 1. The second-order valence-electron chi connectivity index (χ2n) is 4.10. The first-order chi connectivity index (χ1) is 8.08. The van der Waals surface area contributed by atoms with Crippen molar-refractivity contribution in [3.05, 3.63) is 28.2 Å². The third-order valence-corrected chi connectivity index (χ3v) is 3.26. The highest BCUT2D eigenvalue weighted by molar-refractivity contribution is 6.35. The van der Waals surface area contributed by atoms with Gasteiger partial charge in [0.1, 0.15) is 5.75 Å². The zero-order valence-electron chi connectivity index (χ0n) is 9.45. The van der Waals surface area contributed by atoms with Crippen LogP contribution in [0.25, 0.3) is 0 Å². The van der Waals surface area contributed by atoms with E-state index in [0.29, 0.717) is 21.8 Å². The average Bonchev–Trinajstić information content (AvgIpc) is 3.10. The van der Waals surface area contributed by atoms with Crippen LogP contribution in [0.1, 0.15) is 12.8 Å². The summed E-state index contributed by atoms with van der Waals surface area (Å²) in [5.74, 6) is 0.451. The minimum absolute atomic E-state index is 0.00829. The number of nitrogens with zero attached hydrogens (tertiary/aromatic N) is 1. The Morgan fingerprint density at radius 1 is 1.47 bits per heavy atom. The summed E-state index contributed by atoms with van der Waals surface area (Å²) >= 11 is 11.7. The van der Waals surface area contributed by atoms with E-state index in [1.807, 2.05) is 0 Å². The predicted octanol–water partition coefficient (Wildman–Crippen LogP) is 2.99. The highest BCUT2D eigenvalue weighted by atomic mass is 35.5. The molecule has 1 saturated carbocycles. The van der Waals surface area contributed by atoms with Crippen LogP contribution in [0.4, 0.5) is 0 Å². The average molecular weight is 274 g/mol. The minimum Gasteiger partial charge on any atom is -0.482 e. The number of hydrogen-bond acceptors (Lipinski definition) is 2. The Hall–Kier alpha value is -0.930. The largest absolute Gasteiger partial charge is 0.482 e. The molecule has 1 aromatic rings. The molecule has 1 fully saturated rings. The van der Waals surface area contributed by atoms with Gasteiger partial charge in [-0.25, -0.2) is 0 Å². The van der Waals surface area contributed by atoms with E-state index in [0.717, 1.165) is 12.8 Å². The van der Waals surface area contributed by atoms with E-state index in [4.69, 9.17) is 27.9 Å². The Labute approximate surface area is 110 Å². The quantitative estimate of drug-likeness (QED) is 0.844. The molecular formula is C12H13Cl2NO2. The van der Waals surface area contributed by atoms with Crippen molar-refractivity contribution in [3.63, 3.8) is 0 Å². The Morgan fingerprint density at radius 3 is 2.76 bits per heavy atom. The van der Waals surface area contributed by atoms with Crippen LogP contribution in [0, 0.1) is 0 Å². The molecule has 1 aliphatic rings. The number of ether oxygens (including phenoxy) is 1. The fourth-order valence-electron chi connectivity index (χ4n) is 1.50. The second kappa shape index (κ2) is 5.15. The summed E-state index contributed by atoms with van der Waals surface area (Å²) in [5, 5.41) is 0.961. The Bertz CT molecular complexity index is 433. The summed E-state index contributed by atoms with van der Waals surface area (Å²) in [5.41, 5.74) is 0. The molecule has 0 heterocycles. The Kier molecular flexibility index (Phi) is 3.79. The summed E-state index contributed by atoms with van der Waals surface area (Å²) < 4.78 is 5.37. The zero-order valence-corrected chi connectivity index (χ0v) is 11.0. The van der Waals surface area contributed by atoms with Crippen molar-refractivity contribution in [2.45, 2.75) is 18.9 Å². The van der Waals surface area contributed by atoms with E-state index >= 15 is 0 Å². The lowest BCUT2D eigenvalue weighted by atomic mass is 10.3. The molecule has 0 unspecified atom stereocenters. The van der Waals surface area contributed by atoms with Crippen LogP contribution >= 0.6 is 23.2 Å². The number of carbonyl (C=O) groups excluding carboxylic acids is 1. The number of halogens is 2.